The van der Waals surface area contributed by atoms with Gasteiger partial charge in [-0.15, -0.1) is 0 Å². The first-order valence-electron chi connectivity index (χ1n) is 5.71. The molecule has 0 bridgehead atoms. The van der Waals surface area contributed by atoms with Gasteiger partial charge in [-0.2, -0.15) is 0 Å². The van der Waals surface area contributed by atoms with Crippen LogP contribution in [0.1, 0.15) is 5.69 Å². The number of pyridine rings is 1. The fourth-order valence-corrected chi connectivity index (χ4v) is 1.61. The van der Waals surface area contributed by atoms with Crippen LogP contribution in [0.3, 0.4) is 0 Å². The normalized spacial score (nSPS) is 10.6. The lowest BCUT2D eigenvalue weighted by atomic mass is 10.2. The second-order valence-electron chi connectivity index (χ2n) is 3.97. The first-order valence-corrected chi connectivity index (χ1v) is 5.71. The van der Waals surface area contributed by atoms with E-state index in [4.69, 9.17) is 4.74 Å². The molecule has 0 saturated carbocycles. The Kier molecular flexibility index (Phi) is 4.25. The molecule has 0 fully saturated rings. The smallest absolute Gasteiger partial charge is 0.213 e. The average Bonchev–Trinajstić information content (AvgIpc) is 2.51. The van der Waals surface area contributed by atoms with Gasteiger partial charge in [0.1, 0.15) is 5.69 Å². The Morgan fingerprint density at radius 3 is 2.10 bits per heavy atom. The molecule has 2 aromatic rings. The summed E-state index contributed by atoms with van der Waals surface area (Å²) < 4.78 is 70.6. The summed E-state index contributed by atoms with van der Waals surface area (Å²) in [5.74, 6) is -9.80. The predicted molar refractivity (Wildman–Crippen MR) is 64.3 cm³/mol. The summed E-state index contributed by atoms with van der Waals surface area (Å²) in [6.45, 7) is -0.241. The zero-order valence-electron chi connectivity index (χ0n) is 10.7. The number of methoxy groups -OCH3 is 1. The molecule has 0 unspecified atom stereocenters. The second-order valence-corrected chi connectivity index (χ2v) is 3.97. The van der Waals surface area contributed by atoms with Crippen molar-refractivity contribution in [1.29, 1.82) is 0 Å². The van der Waals surface area contributed by atoms with E-state index in [0.29, 0.717) is 5.69 Å². The molecule has 1 heterocycles. The number of benzene rings is 1. The summed E-state index contributed by atoms with van der Waals surface area (Å²) in [7, 11) is 1.38. The van der Waals surface area contributed by atoms with E-state index < -0.39 is 34.8 Å². The molecule has 0 atom stereocenters. The van der Waals surface area contributed by atoms with Crippen molar-refractivity contribution in [3.8, 4) is 5.88 Å². The van der Waals surface area contributed by atoms with Gasteiger partial charge in [0.05, 0.1) is 19.3 Å². The number of nitrogens with zero attached hydrogens (tertiary/aromatic N) is 1. The molecule has 3 nitrogen and oxygen atoms in total. The number of aromatic nitrogens is 1. The van der Waals surface area contributed by atoms with Crippen molar-refractivity contribution in [2.45, 2.75) is 6.54 Å². The summed E-state index contributed by atoms with van der Waals surface area (Å²) in [4.78, 5) is 3.94. The third kappa shape index (κ3) is 2.88. The maximum atomic E-state index is 13.4. The van der Waals surface area contributed by atoms with Crippen LogP contribution < -0.4 is 10.1 Å². The molecule has 0 aliphatic carbocycles. The van der Waals surface area contributed by atoms with Gasteiger partial charge in [-0.05, 0) is 6.07 Å². The molecular weight excluding hydrogens is 295 g/mol. The van der Waals surface area contributed by atoms with Gasteiger partial charge in [-0.1, -0.05) is 6.07 Å². The fourth-order valence-electron chi connectivity index (χ4n) is 1.61. The molecule has 0 spiro atoms. The highest BCUT2D eigenvalue weighted by atomic mass is 19.2. The van der Waals surface area contributed by atoms with Crippen molar-refractivity contribution >= 4 is 5.69 Å². The standard InChI is InChI=1S/C13H9F5N2O/c1-21-7-4-2-3-6(20-7)5-19-13-11(17)9(15)8(14)10(16)12(13)18/h2-4,19H,5H2,1H3. The van der Waals surface area contributed by atoms with Gasteiger partial charge in [-0.25, -0.2) is 26.9 Å². The van der Waals surface area contributed by atoms with Crippen LogP contribution in [0.2, 0.25) is 0 Å². The molecule has 0 aliphatic rings. The van der Waals surface area contributed by atoms with Gasteiger partial charge < -0.3 is 10.1 Å². The fraction of sp³-hybridized carbons (Fsp3) is 0.154. The highest BCUT2D eigenvalue weighted by molar-refractivity contribution is 5.48. The van der Waals surface area contributed by atoms with E-state index in [1.165, 1.54) is 13.2 Å². The highest BCUT2D eigenvalue weighted by Gasteiger charge is 2.25. The molecule has 2 rings (SSSR count). The third-order valence-corrected chi connectivity index (χ3v) is 2.65. The van der Waals surface area contributed by atoms with E-state index >= 15 is 0 Å². The van der Waals surface area contributed by atoms with Crippen LogP contribution in [-0.4, -0.2) is 12.1 Å². The molecule has 0 amide bonds. The zero-order valence-corrected chi connectivity index (χ0v) is 10.7. The van der Waals surface area contributed by atoms with Gasteiger partial charge in [0.25, 0.3) is 0 Å². The summed E-state index contributed by atoms with van der Waals surface area (Å²) in [5.41, 5.74) is -0.797. The van der Waals surface area contributed by atoms with Crippen LogP contribution in [0, 0.1) is 29.1 Å². The van der Waals surface area contributed by atoms with Crippen LogP contribution in [0.5, 0.6) is 5.88 Å². The number of anilines is 1. The van der Waals surface area contributed by atoms with Crippen LogP contribution in [0.25, 0.3) is 0 Å². The third-order valence-electron chi connectivity index (χ3n) is 2.65. The molecule has 1 aromatic carbocycles. The van der Waals surface area contributed by atoms with Crippen LogP contribution in [0.4, 0.5) is 27.6 Å². The minimum Gasteiger partial charge on any atom is -0.481 e. The summed E-state index contributed by atoms with van der Waals surface area (Å²) in [6.07, 6.45) is 0. The Hall–Kier alpha value is -2.38. The van der Waals surface area contributed by atoms with Crippen molar-refractivity contribution in [3.05, 3.63) is 53.0 Å². The minimum absolute atomic E-state index is 0.241. The molecular formula is C13H9F5N2O. The zero-order chi connectivity index (χ0) is 15.6. The van der Waals surface area contributed by atoms with Crippen molar-refractivity contribution in [1.82, 2.24) is 4.98 Å². The highest BCUT2D eigenvalue weighted by Crippen LogP contribution is 2.27. The van der Waals surface area contributed by atoms with Gasteiger partial charge in [0.15, 0.2) is 23.3 Å². The molecule has 0 radical (unpaired) electrons. The maximum Gasteiger partial charge on any atom is 0.213 e. The number of rotatable bonds is 4. The van der Waals surface area contributed by atoms with Gasteiger partial charge in [0, 0.05) is 6.07 Å². The number of hydrogen-bond acceptors (Lipinski definition) is 3. The molecule has 0 saturated heterocycles. The Labute approximate surface area is 116 Å². The lowest BCUT2D eigenvalue weighted by Gasteiger charge is -2.10. The second kappa shape index (κ2) is 5.94. The first kappa shape index (κ1) is 15.0. The van der Waals surface area contributed by atoms with Crippen molar-refractivity contribution in [3.63, 3.8) is 0 Å². The Balaban J connectivity index is 2.28. The summed E-state index contributed by atoms with van der Waals surface area (Å²) in [6, 6.07) is 4.62. The molecule has 0 aliphatic heterocycles. The van der Waals surface area contributed by atoms with Crippen LogP contribution in [-0.2, 0) is 6.54 Å². The Bertz CT molecular complexity index is 649. The minimum atomic E-state index is -2.20. The summed E-state index contributed by atoms with van der Waals surface area (Å²) >= 11 is 0. The van der Waals surface area contributed by atoms with E-state index in [0.717, 1.165) is 0 Å². The van der Waals surface area contributed by atoms with Crippen molar-refractivity contribution < 1.29 is 26.7 Å². The molecule has 112 valence electrons. The first-order chi connectivity index (χ1) is 9.95. The van der Waals surface area contributed by atoms with Gasteiger partial charge in [0.2, 0.25) is 11.7 Å². The number of hydrogen-bond donors (Lipinski definition) is 1. The molecule has 1 aromatic heterocycles. The Morgan fingerprint density at radius 2 is 1.52 bits per heavy atom. The quantitative estimate of drug-likeness (QED) is 0.534. The lowest BCUT2D eigenvalue weighted by molar-refractivity contribution is 0.381. The average molecular weight is 304 g/mol. The largest absolute Gasteiger partial charge is 0.481 e. The number of nitrogens with one attached hydrogen (secondary N) is 1. The van der Waals surface area contributed by atoms with E-state index in [2.05, 4.69) is 10.3 Å². The van der Waals surface area contributed by atoms with Crippen molar-refractivity contribution in [2.75, 3.05) is 12.4 Å². The Morgan fingerprint density at radius 1 is 0.952 bits per heavy atom. The van der Waals surface area contributed by atoms with E-state index in [-0.39, 0.29) is 12.4 Å². The molecule has 21 heavy (non-hydrogen) atoms. The number of halogens is 5. The van der Waals surface area contributed by atoms with E-state index in [1.807, 2.05) is 0 Å². The lowest BCUT2D eigenvalue weighted by Crippen LogP contribution is -2.10. The van der Waals surface area contributed by atoms with E-state index in [1.54, 1.807) is 12.1 Å². The van der Waals surface area contributed by atoms with Gasteiger partial charge in [-0.3, -0.25) is 0 Å². The monoisotopic (exact) mass is 304 g/mol. The van der Waals surface area contributed by atoms with Gasteiger partial charge >= 0.3 is 0 Å². The molecule has 8 heteroatoms. The summed E-state index contributed by atoms with van der Waals surface area (Å²) in [5, 5.41) is 2.14. The van der Waals surface area contributed by atoms with Crippen LogP contribution in [0.15, 0.2) is 18.2 Å². The topological polar surface area (TPSA) is 34.1 Å². The predicted octanol–water partition coefficient (Wildman–Crippen LogP) is 3.40. The van der Waals surface area contributed by atoms with E-state index in [9.17, 15) is 22.0 Å². The molecule has 1 N–H and O–H groups in total. The van der Waals surface area contributed by atoms with Crippen molar-refractivity contribution in [2.24, 2.45) is 0 Å². The van der Waals surface area contributed by atoms with Crippen LogP contribution >= 0.6 is 0 Å². The SMILES string of the molecule is COc1cccc(CNc2c(F)c(F)c(F)c(F)c2F)n1. The number of ether oxygens (including phenoxy) is 1. The maximum absolute atomic E-state index is 13.4.